The van der Waals surface area contributed by atoms with Gasteiger partial charge in [-0.1, -0.05) is 36.8 Å². The van der Waals surface area contributed by atoms with Gasteiger partial charge in [-0.05, 0) is 18.4 Å². The maximum Gasteiger partial charge on any atom is 0.337 e. The minimum Gasteiger partial charge on any atom is -0.467 e. The molecule has 1 aromatic carbocycles. The number of carbonyl (C=O) groups excluding carboxylic acids is 1. The molecule has 3 rings (SSSR count). The summed E-state index contributed by atoms with van der Waals surface area (Å²) in [6, 6.07) is 10.6. The highest BCUT2D eigenvalue weighted by atomic mass is 16.7. The maximum absolute atomic E-state index is 11.8. The van der Waals surface area contributed by atoms with Crippen LogP contribution in [0.4, 0.5) is 0 Å². The third kappa shape index (κ3) is 2.38. The smallest absolute Gasteiger partial charge is 0.337 e. The quantitative estimate of drug-likeness (QED) is 0.781. The Morgan fingerprint density at radius 1 is 1.37 bits per heavy atom. The molecular formula is C15H19NO3. The molecule has 0 amide bonds. The van der Waals surface area contributed by atoms with Gasteiger partial charge in [0.15, 0.2) is 6.10 Å². The first-order valence-electron chi connectivity index (χ1n) is 6.85. The van der Waals surface area contributed by atoms with Crippen LogP contribution in [-0.2, 0) is 20.9 Å². The molecule has 1 saturated carbocycles. The van der Waals surface area contributed by atoms with E-state index in [2.05, 4.69) is 12.1 Å². The second-order valence-electron chi connectivity index (χ2n) is 5.27. The van der Waals surface area contributed by atoms with E-state index in [1.54, 1.807) is 0 Å². The monoisotopic (exact) mass is 261 g/mol. The molecule has 19 heavy (non-hydrogen) atoms. The summed E-state index contributed by atoms with van der Waals surface area (Å²) in [4.78, 5) is 17.6. The Morgan fingerprint density at radius 3 is 2.89 bits per heavy atom. The SMILES string of the molecule is COC(=O)[C@H]1ON(Cc2ccccc2)[C@@H]2CCC[C@H]12. The second kappa shape index (κ2) is 5.31. The van der Waals surface area contributed by atoms with Crippen molar-refractivity contribution >= 4 is 5.97 Å². The number of fused-ring (bicyclic) bond motifs is 1. The second-order valence-corrected chi connectivity index (χ2v) is 5.27. The van der Waals surface area contributed by atoms with Gasteiger partial charge in [-0.25, -0.2) is 4.79 Å². The van der Waals surface area contributed by atoms with Gasteiger partial charge in [-0.2, -0.15) is 5.06 Å². The molecule has 0 spiro atoms. The fourth-order valence-corrected chi connectivity index (χ4v) is 3.23. The first-order valence-corrected chi connectivity index (χ1v) is 6.85. The Labute approximate surface area is 113 Å². The van der Waals surface area contributed by atoms with Crippen molar-refractivity contribution in [2.24, 2.45) is 5.92 Å². The molecule has 1 saturated heterocycles. The number of esters is 1. The Kier molecular flexibility index (Phi) is 3.53. The van der Waals surface area contributed by atoms with Gasteiger partial charge in [0.25, 0.3) is 0 Å². The molecule has 1 aliphatic heterocycles. The van der Waals surface area contributed by atoms with Gasteiger partial charge in [0, 0.05) is 18.5 Å². The molecule has 4 nitrogen and oxygen atoms in total. The van der Waals surface area contributed by atoms with Crippen LogP contribution in [0, 0.1) is 5.92 Å². The van der Waals surface area contributed by atoms with E-state index in [0.717, 1.165) is 25.8 Å². The van der Waals surface area contributed by atoms with E-state index >= 15 is 0 Å². The average molecular weight is 261 g/mol. The predicted molar refractivity (Wildman–Crippen MR) is 70.0 cm³/mol. The van der Waals surface area contributed by atoms with Crippen molar-refractivity contribution in [3.05, 3.63) is 35.9 Å². The third-order valence-electron chi connectivity index (χ3n) is 4.15. The predicted octanol–water partition coefficient (Wildman–Crippen LogP) is 2.14. The van der Waals surface area contributed by atoms with E-state index in [1.807, 2.05) is 23.3 Å². The number of hydrogen-bond acceptors (Lipinski definition) is 4. The molecule has 1 aromatic rings. The Balaban J connectivity index is 1.74. The molecular weight excluding hydrogens is 242 g/mol. The van der Waals surface area contributed by atoms with Gasteiger partial charge in [0.05, 0.1) is 7.11 Å². The number of ether oxygens (including phenoxy) is 1. The van der Waals surface area contributed by atoms with E-state index < -0.39 is 6.10 Å². The van der Waals surface area contributed by atoms with Crippen LogP contribution in [0.1, 0.15) is 24.8 Å². The molecule has 0 N–H and O–H groups in total. The largest absolute Gasteiger partial charge is 0.467 e. The molecule has 2 fully saturated rings. The van der Waals surface area contributed by atoms with Crippen LogP contribution >= 0.6 is 0 Å². The summed E-state index contributed by atoms with van der Waals surface area (Å²) >= 11 is 0. The molecule has 2 aliphatic rings. The number of benzene rings is 1. The van der Waals surface area contributed by atoms with Crippen LogP contribution < -0.4 is 0 Å². The maximum atomic E-state index is 11.8. The zero-order valence-corrected chi connectivity index (χ0v) is 11.1. The highest BCUT2D eigenvalue weighted by Crippen LogP contribution is 2.40. The van der Waals surface area contributed by atoms with Gasteiger partial charge >= 0.3 is 5.97 Å². The van der Waals surface area contributed by atoms with Crippen molar-refractivity contribution in [3.63, 3.8) is 0 Å². The molecule has 0 aromatic heterocycles. The zero-order chi connectivity index (χ0) is 13.2. The first kappa shape index (κ1) is 12.6. The summed E-state index contributed by atoms with van der Waals surface area (Å²) in [6.45, 7) is 0.732. The van der Waals surface area contributed by atoms with Gasteiger partial charge in [0.1, 0.15) is 0 Å². The lowest BCUT2D eigenvalue weighted by molar-refractivity contribution is -0.193. The summed E-state index contributed by atoms with van der Waals surface area (Å²) in [5.74, 6) is 0.0450. The number of carbonyl (C=O) groups is 1. The van der Waals surface area contributed by atoms with Crippen molar-refractivity contribution < 1.29 is 14.4 Å². The topological polar surface area (TPSA) is 38.8 Å². The van der Waals surface area contributed by atoms with Crippen LogP contribution in [-0.4, -0.2) is 30.3 Å². The molecule has 102 valence electrons. The van der Waals surface area contributed by atoms with E-state index in [9.17, 15) is 4.79 Å². The zero-order valence-electron chi connectivity index (χ0n) is 11.1. The van der Waals surface area contributed by atoms with Crippen LogP contribution in [0.5, 0.6) is 0 Å². The number of hydroxylamine groups is 2. The lowest BCUT2D eigenvalue weighted by atomic mass is 9.98. The number of hydrogen-bond donors (Lipinski definition) is 0. The first-order chi connectivity index (χ1) is 9.29. The summed E-state index contributed by atoms with van der Waals surface area (Å²) in [5.41, 5.74) is 1.21. The Bertz CT molecular complexity index is 448. The van der Waals surface area contributed by atoms with Crippen LogP contribution in [0.2, 0.25) is 0 Å². The Hall–Kier alpha value is -1.39. The summed E-state index contributed by atoms with van der Waals surface area (Å²) in [7, 11) is 1.43. The average Bonchev–Trinajstić information content (AvgIpc) is 3.03. The van der Waals surface area contributed by atoms with Crippen LogP contribution in [0.3, 0.4) is 0 Å². The highest BCUT2D eigenvalue weighted by molar-refractivity contribution is 5.75. The number of rotatable bonds is 3. The molecule has 0 bridgehead atoms. The molecule has 4 heteroatoms. The lowest BCUT2D eigenvalue weighted by Crippen LogP contribution is -2.29. The fourth-order valence-electron chi connectivity index (χ4n) is 3.23. The molecule has 3 atom stereocenters. The van der Waals surface area contributed by atoms with E-state index in [1.165, 1.54) is 12.7 Å². The molecule has 0 unspecified atom stereocenters. The Morgan fingerprint density at radius 2 is 2.16 bits per heavy atom. The molecule has 1 aliphatic carbocycles. The molecule has 1 heterocycles. The highest BCUT2D eigenvalue weighted by Gasteiger charge is 2.49. The minimum absolute atomic E-state index is 0.243. The lowest BCUT2D eigenvalue weighted by Gasteiger charge is -2.21. The van der Waals surface area contributed by atoms with Crippen molar-refractivity contribution in [1.82, 2.24) is 5.06 Å². The standard InChI is InChI=1S/C15H19NO3/c1-18-15(17)14-12-8-5-9-13(12)16(19-14)10-11-6-3-2-4-7-11/h2-4,6-7,12-14H,5,8-10H2,1H3/t12-,13+,14-/m0/s1. The summed E-state index contributed by atoms with van der Waals surface area (Å²) in [6.07, 6.45) is 2.90. The number of nitrogens with zero attached hydrogens (tertiary/aromatic N) is 1. The van der Waals surface area contributed by atoms with Crippen molar-refractivity contribution in [3.8, 4) is 0 Å². The summed E-state index contributed by atoms with van der Waals surface area (Å²) < 4.78 is 4.85. The van der Waals surface area contributed by atoms with Gasteiger partial charge in [0.2, 0.25) is 0 Å². The van der Waals surface area contributed by atoms with Gasteiger partial charge in [-0.15, -0.1) is 0 Å². The third-order valence-corrected chi connectivity index (χ3v) is 4.15. The minimum atomic E-state index is -0.416. The number of methoxy groups -OCH3 is 1. The van der Waals surface area contributed by atoms with Crippen molar-refractivity contribution in [2.45, 2.75) is 38.0 Å². The fraction of sp³-hybridized carbons (Fsp3) is 0.533. The van der Waals surface area contributed by atoms with E-state index in [-0.39, 0.29) is 11.9 Å². The normalized spacial score (nSPS) is 30.3. The van der Waals surface area contributed by atoms with Crippen LogP contribution in [0.25, 0.3) is 0 Å². The van der Waals surface area contributed by atoms with Gasteiger partial charge in [-0.3, -0.25) is 4.84 Å². The molecule has 0 radical (unpaired) electrons. The van der Waals surface area contributed by atoms with Crippen molar-refractivity contribution in [1.29, 1.82) is 0 Å². The van der Waals surface area contributed by atoms with Gasteiger partial charge < -0.3 is 4.74 Å². The van der Waals surface area contributed by atoms with E-state index in [0.29, 0.717) is 6.04 Å². The van der Waals surface area contributed by atoms with Crippen molar-refractivity contribution in [2.75, 3.05) is 7.11 Å². The summed E-state index contributed by atoms with van der Waals surface area (Å²) in [5, 5.41) is 1.98. The van der Waals surface area contributed by atoms with Crippen LogP contribution in [0.15, 0.2) is 30.3 Å². The van der Waals surface area contributed by atoms with E-state index in [4.69, 9.17) is 9.57 Å².